The third-order valence-corrected chi connectivity index (χ3v) is 0.889. The highest BCUT2D eigenvalue weighted by Gasteiger charge is 2.04. The maximum absolute atomic E-state index is 10.2. The molecule has 8 heavy (non-hydrogen) atoms. The number of carbonyl (C=O) groups excluding carboxylic acids is 1. The topological polar surface area (TPSA) is 55.4 Å². The Labute approximate surface area is 48.6 Å². The van der Waals surface area contributed by atoms with Gasteiger partial charge in [-0.3, -0.25) is 4.79 Å². The van der Waals surface area contributed by atoms with E-state index >= 15 is 0 Å². The van der Waals surface area contributed by atoms with Crippen LogP contribution in [0.4, 0.5) is 0 Å². The predicted molar refractivity (Wildman–Crippen MR) is 32.8 cm³/mol. The molecule has 0 rings (SSSR count). The summed E-state index contributed by atoms with van der Waals surface area (Å²) in [5.41, 5.74) is 4.90. The number of hydrogen-bond acceptors (Lipinski definition) is 2. The molecule has 0 aromatic rings. The zero-order valence-corrected chi connectivity index (χ0v) is 4.92. The van der Waals surface area contributed by atoms with Gasteiger partial charge in [0.25, 0.3) is 0 Å². The van der Waals surface area contributed by atoms with E-state index in [1.54, 1.807) is 6.92 Å². The molecule has 46 valence electrons. The van der Waals surface area contributed by atoms with Gasteiger partial charge in [0.05, 0.1) is 5.92 Å². The molecular formula is C5H10N2O. The molecule has 3 heteroatoms. The molecule has 0 radical (unpaired) electrons. The van der Waals surface area contributed by atoms with Gasteiger partial charge in [0, 0.05) is 6.54 Å². The lowest BCUT2D eigenvalue weighted by Gasteiger charge is -1.98. The second-order valence-electron chi connectivity index (χ2n) is 1.71. The SMILES string of the molecule is C=NCC(C)C(N)=O. The summed E-state index contributed by atoms with van der Waals surface area (Å²) >= 11 is 0. The Morgan fingerprint density at radius 2 is 2.50 bits per heavy atom. The minimum absolute atomic E-state index is 0.174. The van der Waals surface area contributed by atoms with Crippen molar-refractivity contribution in [1.82, 2.24) is 0 Å². The van der Waals surface area contributed by atoms with Gasteiger partial charge in [0.1, 0.15) is 0 Å². The van der Waals surface area contributed by atoms with Crippen LogP contribution in [0.3, 0.4) is 0 Å². The average molecular weight is 114 g/mol. The van der Waals surface area contributed by atoms with Crippen molar-refractivity contribution in [3.05, 3.63) is 0 Å². The Bertz CT molecular complexity index is 101. The number of hydrogen-bond donors (Lipinski definition) is 1. The molecular weight excluding hydrogens is 104 g/mol. The van der Waals surface area contributed by atoms with Gasteiger partial charge in [0.2, 0.25) is 5.91 Å². The zero-order chi connectivity index (χ0) is 6.57. The molecule has 2 N–H and O–H groups in total. The maximum atomic E-state index is 10.2. The summed E-state index contributed by atoms with van der Waals surface area (Å²) in [6, 6.07) is 0. The molecule has 0 aromatic carbocycles. The van der Waals surface area contributed by atoms with E-state index in [0.717, 1.165) is 0 Å². The van der Waals surface area contributed by atoms with Gasteiger partial charge in [0.15, 0.2) is 0 Å². The van der Waals surface area contributed by atoms with E-state index in [9.17, 15) is 4.79 Å². The molecule has 0 spiro atoms. The number of carbonyl (C=O) groups is 1. The molecule has 0 bridgehead atoms. The van der Waals surface area contributed by atoms with Crippen molar-refractivity contribution in [2.75, 3.05) is 6.54 Å². The Kier molecular flexibility index (Phi) is 2.84. The van der Waals surface area contributed by atoms with E-state index in [1.165, 1.54) is 0 Å². The summed E-state index contributed by atoms with van der Waals surface area (Å²) in [4.78, 5) is 13.7. The molecule has 1 amide bonds. The van der Waals surface area contributed by atoms with Gasteiger partial charge in [-0.1, -0.05) is 6.92 Å². The quantitative estimate of drug-likeness (QED) is 0.508. The zero-order valence-electron chi connectivity index (χ0n) is 4.92. The third-order valence-electron chi connectivity index (χ3n) is 0.889. The normalized spacial score (nSPS) is 12.6. The van der Waals surface area contributed by atoms with Gasteiger partial charge in [-0.05, 0) is 6.72 Å². The average Bonchev–Trinajstić information content (AvgIpc) is 1.67. The van der Waals surface area contributed by atoms with E-state index in [1.807, 2.05) is 0 Å². The summed E-state index contributed by atoms with van der Waals surface area (Å²) in [7, 11) is 0. The van der Waals surface area contributed by atoms with E-state index in [0.29, 0.717) is 6.54 Å². The highest BCUT2D eigenvalue weighted by atomic mass is 16.1. The lowest BCUT2D eigenvalue weighted by Crippen LogP contribution is -2.22. The number of nitrogens with zero attached hydrogens (tertiary/aromatic N) is 1. The Hall–Kier alpha value is -0.860. The van der Waals surface area contributed by atoms with E-state index in [-0.39, 0.29) is 11.8 Å². The molecule has 1 unspecified atom stereocenters. The number of nitrogens with two attached hydrogens (primary N) is 1. The Morgan fingerprint density at radius 1 is 2.00 bits per heavy atom. The fourth-order valence-electron chi connectivity index (χ4n) is 0.284. The molecule has 0 aliphatic rings. The van der Waals surface area contributed by atoms with Crippen LogP contribution in [0.25, 0.3) is 0 Å². The van der Waals surface area contributed by atoms with Crippen LogP contribution >= 0.6 is 0 Å². The van der Waals surface area contributed by atoms with E-state index in [2.05, 4.69) is 11.7 Å². The summed E-state index contributed by atoms with van der Waals surface area (Å²) in [5, 5.41) is 0. The number of rotatable bonds is 3. The summed E-state index contributed by atoms with van der Waals surface area (Å²) < 4.78 is 0. The van der Waals surface area contributed by atoms with Crippen LogP contribution in [0.1, 0.15) is 6.92 Å². The molecule has 0 saturated carbocycles. The van der Waals surface area contributed by atoms with Crippen molar-refractivity contribution < 1.29 is 4.79 Å². The van der Waals surface area contributed by atoms with E-state index in [4.69, 9.17) is 5.73 Å². The molecule has 0 aliphatic carbocycles. The second-order valence-corrected chi connectivity index (χ2v) is 1.71. The van der Waals surface area contributed by atoms with Crippen LogP contribution in [-0.4, -0.2) is 19.2 Å². The van der Waals surface area contributed by atoms with Crippen LogP contribution in [0.15, 0.2) is 4.99 Å². The first kappa shape index (κ1) is 7.14. The molecule has 0 fully saturated rings. The fourth-order valence-corrected chi connectivity index (χ4v) is 0.284. The largest absolute Gasteiger partial charge is 0.369 e. The first-order valence-corrected chi connectivity index (χ1v) is 2.40. The van der Waals surface area contributed by atoms with Gasteiger partial charge in [-0.15, -0.1) is 0 Å². The number of aliphatic imine (C=N–C) groups is 1. The Balaban J connectivity index is 3.46. The van der Waals surface area contributed by atoms with Crippen molar-refractivity contribution in [3.8, 4) is 0 Å². The van der Waals surface area contributed by atoms with Crippen molar-refractivity contribution in [2.45, 2.75) is 6.92 Å². The summed E-state index contributed by atoms with van der Waals surface area (Å²) in [5.74, 6) is -0.495. The molecule has 0 aromatic heterocycles. The maximum Gasteiger partial charge on any atom is 0.222 e. The van der Waals surface area contributed by atoms with E-state index < -0.39 is 0 Å². The summed E-state index contributed by atoms with van der Waals surface area (Å²) in [6.07, 6.45) is 0. The van der Waals surface area contributed by atoms with Crippen molar-refractivity contribution in [2.24, 2.45) is 16.6 Å². The highest BCUT2D eigenvalue weighted by molar-refractivity contribution is 5.76. The second kappa shape index (κ2) is 3.18. The molecule has 0 saturated heterocycles. The van der Waals surface area contributed by atoms with Crippen molar-refractivity contribution in [3.63, 3.8) is 0 Å². The van der Waals surface area contributed by atoms with Crippen molar-refractivity contribution in [1.29, 1.82) is 0 Å². The van der Waals surface area contributed by atoms with Crippen LogP contribution in [0.5, 0.6) is 0 Å². The first-order valence-electron chi connectivity index (χ1n) is 2.40. The van der Waals surface area contributed by atoms with Gasteiger partial charge < -0.3 is 10.7 Å². The standard InChI is InChI=1S/C5H10N2O/c1-4(3-7-2)5(6)8/h4H,2-3H2,1H3,(H2,6,8). The number of primary amides is 1. The lowest BCUT2D eigenvalue weighted by atomic mass is 10.2. The molecule has 3 nitrogen and oxygen atoms in total. The minimum atomic E-state index is -0.322. The molecule has 1 atom stereocenters. The first-order chi connectivity index (χ1) is 3.68. The van der Waals surface area contributed by atoms with Crippen LogP contribution in [-0.2, 0) is 4.79 Å². The van der Waals surface area contributed by atoms with Gasteiger partial charge >= 0.3 is 0 Å². The smallest absolute Gasteiger partial charge is 0.222 e. The number of amides is 1. The van der Waals surface area contributed by atoms with Crippen LogP contribution < -0.4 is 5.73 Å². The lowest BCUT2D eigenvalue weighted by molar-refractivity contribution is -0.120. The van der Waals surface area contributed by atoms with Gasteiger partial charge in [-0.25, -0.2) is 0 Å². The highest BCUT2D eigenvalue weighted by Crippen LogP contribution is 1.90. The predicted octanol–water partition coefficient (Wildman–Crippen LogP) is -0.192. The monoisotopic (exact) mass is 114 g/mol. The fraction of sp³-hybridized carbons (Fsp3) is 0.600. The molecule has 0 heterocycles. The Morgan fingerprint density at radius 3 is 2.62 bits per heavy atom. The molecule has 0 aliphatic heterocycles. The van der Waals surface area contributed by atoms with Crippen LogP contribution in [0.2, 0.25) is 0 Å². The van der Waals surface area contributed by atoms with Crippen LogP contribution in [0, 0.1) is 5.92 Å². The third kappa shape index (κ3) is 2.34. The van der Waals surface area contributed by atoms with Crippen molar-refractivity contribution >= 4 is 12.6 Å². The summed E-state index contributed by atoms with van der Waals surface area (Å²) in [6.45, 7) is 5.37. The minimum Gasteiger partial charge on any atom is -0.369 e. The van der Waals surface area contributed by atoms with Gasteiger partial charge in [-0.2, -0.15) is 0 Å².